The third-order valence-corrected chi connectivity index (χ3v) is 5.25. The van der Waals surface area contributed by atoms with Crippen LogP contribution >= 0.6 is 0 Å². The van der Waals surface area contributed by atoms with Crippen molar-refractivity contribution in [3.63, 3.8) is 0 Å². The normalized spacial score (nSPS) is 14.4. The van der Waals surface area contributed by atoms with Crippen LogP contribution in [0.1, 0.15) is 27.0 Å². The van der Waals surface area contributed by atoms with E-state index in [9.17, 15) is 4.79 Å². The lowest BCUT2D eigenvalue weighted by molar-refractivity contribution is 0.0746. The molecule has 0 saturated carbocycles. The summed E-state index contributed by atoms with van der Waals surface area (Å²) in [5, 5.41) is 0. The summed E-state index contributed by atoms with van der Waals surface area (Å²) in [5.41, 5.74) is 5.38. The highest BCUT2D eigenvalue weighted by molar-refractivity contribution is 5.94. The first kappa shape index (κ1) is 18.3. The highest BCUT2D eigenvalue weighted by Gasteiger charge is 2.24. The van der Waals surface area contributed by atoms with Gasteiger partial charge in [-0.25, -0.2) is 4.98 Å². The standard InChI is InChI=1S/C23H26N4O/c1-17-4-6-21(7-5-17)27-9-8-24-23(27)26-12-10-25(11-13-26)22(28)20-15-18(2)14-19(3)16-20/h4-9,14-16H,10-13H2,1-3H3. The summed E-state index contributed by atoms with van der Waals surface area (Å²) in [6.07, 6.45) is 3.83. The summed E-state index contributed by atoms with van der Waals surface area (Å²) in [5.74, 6) is 1.05. The summed E-state index contributed by atoms with van der Waals surface area (Å²) in [6.45, 7) is 9.11. The molecule has 5 heteroatoms. The molecular weight excluding hydrogens is 348 g/mol. The Morgan fingerprint density at radius 3 is 2.14 bits per heavy atom. The van der Waals surface area contributed by atoms with Crippen molar-refractivity contribution in [2.24, 2.45) is 0 Å². The smallest absolute Gasteiger partial charge is 0.253 e. The molecule has 1 aliphatic heterocycles. The lowest BCUT2D eigenvalue weighted by Gasteiger charge is -2.35. The Kier molecular flexibility index (Phi) is 4.90. The van der Waals surface area contributed by atoms with E-state index in [0.29, 0.717) is 13.1 Å². The third-order valence-electron chi connectivity index (χ3n) is 5.25. The van der Waals surface area contributed by atoms with Gasteiger partial charge in [0.15, 0.2) is 0 Å². The number of aromatic nitrogens is 2. The van der Waals surface area contributed by atoms with Crippen molar-refractivity contribution in [2.45, 2.75) is 20.8 Å². The minimum Gasteiger partial charge on any atom is -0.338 e. The van der Waals surface area contributed by atoms with Crippen molar-refractivity contribution < 1.29 is 4.79 Å². The Morgan fingerprint density at radius 1 is 0.857 bits per heavy atom. The second-order valence-electron chi connectivity index (χ2n) is 7.59. The van der Waals surface area contributed by atoms with Crippen molar-refractivity contribution in [3.8, 4) is 5.69 Å². The lowest BCUT2D eigenvalue weighted by Crippen LogP contribution is -2.49. The Morgan fingerprint density at radius 2 is 1.50 bits per heavy atom. The summed E-state index contributed by atoms with van der Waals surface area (Å²) in [4.78, 5) is 21.7. The number of piperazine rings is 1. The average Bonchev–Trinajstić information content (AvgIpc) is 3.17. The summed E-state index contributed by atoms with van der Waals surface area (Å²) in [7, 11) is 0. The van der Waals surface area contributed by atoms with Crippen LogP contribution in [0.5, 0.6) is 0 Å². The van der Waals surface area contributed by atoms with Crippen molar-refractivity contribution in [3.05, 3.63) is 77.1 Å². The Labute approximate surface area is 166 Å². The number of anilines is 1. The molecule has 1 aliphatic rings. The molecule has 0 unspecified atom stereocenters. The van der Waals surface area contributed by atoms with E-state index in [1.807, 2.05) is 43.3 Å². The lowest BCUT2D eigenvalue weighted by atomic mass is 10.1. The van der Waals surface area contributed by atoms with Gasteiger partial charge in [0.05, 0.1) is 0 Å². The summed E-state index contributed by atoms with van der Waals surface area (Å²) in [6, 6.07) is 14.5. The Balaban J connectivity index is 1.47. The van der Waals surface area contributed by atoms with Crippen LogP contribution in [0.4, 0.5) is 5.95 Å². The molecule has 5 nitrogen and oxygen atoms in total. The first-order chi connectivity index (χ1) is 13.5. The van der Waals surface area contributed by atoms with E-state index in [-0.39, 0.29) is 5.91 Å². The minimum atomic E-state index is 0.119. The number of hydrogen-bond donors (Lipinski definition) is 0. The topological polar surface area (TPSA) is 41.4 Å². The molecule has 0 aliphatic carbocycles. The van der Waals surface area contributed by atoms with E-state index in [1.54, 1.807) is 0 Å². The summed E-state index contributed by atoms with van der Waals surface area (Å²) >= 11 is 0. The first-order valence-corrected chi connectivity index (χ1v) is 9.74. The van der Waals surface area contributed by atoms with Gasteiger partial charge in [-0.2, -0.15) is 0 Å². The van der Waals surface area contributed by atoms with E-state index >= 15 is 0 Å². The molecule has 144 valence electrons. The van der Waals surface area contributed by atoms with Crippen molar-refractivity contribution >= 4 is 11.9 Å². The number of nitrogens with zero attached hydrogens (tertiary/aromatic N) is 4. The van der Waals surface area contributed by atoms with Crippen LogP contribution in [-0.4, -0.2) is 46.5 Å². The van der Waals surface area contributed by atoms with Crippen molar-refractivity contribution in [2.75, 3.05) is 31.1 Å². The molecule has 1 aromatic heterocycles. The van der Waals surface area contributed by atoms with Gasteiger partial charge in [0.2, 0.25) is 5.95 Å². The van der Waals surface area contributed by atoms with E-state index < -0.39 is 0 Å². The van der Waals surface area contributed by atoms with Crippen LogP contribution in [0.25, 0.3) is 5.69 Å². The van der Waals surface area contributed by atoms with Gasteiger partial charge in [0, 0.05) is 49.8 Å². The quantitative estimate of drug-likeness (QED) is 0.701. The molecule has 4 rings (SSSR count). The van der Waals surface area contributed by atoms with Gasteiger partial charge >= 0.3 is 0 Å². The molecule has 1 fully saturated rings. The molecule has 28 heavy (non-hydrogen) atoms. The molecule has 1 saturated heterocycles. The number of imidazole rings is 1. The third kappa shape index (κ3) is 3.65. The van der Waals surface area contributed by atoms with Crippen LogP contribution < -0.4 is 4.90 Å². The summed E-state index contributed by atoms with van der Waals surface area (Å²) < 4.78 is 2.11. The molecule has 2 aromatic carbocycles. The average molecular weight is 374 g/mol. The fraction of sp³-hybridized carbons (Fsp3) is 0.304. The molecule has 1 amide bonds. The fourth-order valence-electron chi connectivity index (χ4n) is 3.83. The van der Waals surface area contributed by atoms with Crippen LogP contribution in [0, 0.1) is 20.8 Å². The van der Waals surface area contributed by atoms with Gasteiger partial charge < -0.3 is 9.80 Å². The van der Waals surface area contributed by atoms with E-state index in [4.69, 9.17) is 0 Å². The minimum absolute atomic E-state index is 0.119. The predicted molar refractivity (Wildman–Crippen MR) is 112 cm³/mol. The van der Waals surface area contributed by atoms with Gasteiger partial charge in [-0.3, -0.25) is 9.36 Å². The van der Waals surface area contributed by atoms with Crippen molar-refractivity contribution in [1.82, 2.24) is 14.5 Å². The zero-order valence-corrected chi connectivity index (χ0v) is 16.7. The highest BCUT2D eigenvalue weighted by Crippen LogP contribution is 2.21. The second kappa shape index (κ2) is 7.50. The maximum atomic E-state index is 12.9. The number of aryl methyl sites for hydroxylation is 3. The zero-order chi connectivity index (χ0) is 19.7. The van der Waals surface area contributed by atoms with Crippen LogP contribution in [0.3, 0.4) is 0 Å². The van der Waals surface area contributed by atoms with Gasteiger partial charge in [0.25, 0.3) is 5.91 Å². The highest BCUT2D eigenvalue weighted by atomic mass is 16.2. The van der Waals surface area contributed by atoms with Gasteiger partial charge in [-0.15, -0.1) is 0 Å². The monoisotopic (exact) mass is 374 g/mol. The molecule has 0 atom stereocenters. The van der Waals surface area contributed by atoms with Crippen LogP contribution in [-0.2, 0) is 0 Å². The maximum absolute atomic E-state index is 12.9. The SMILES string of the molecule is Cc1ccc(-n2ccnc2N2CCN(C(=O)c3cc(C)cc(C)c3)CC2)cc1. The fourth-order valence-corrected chi connectivity index (χ4v) is 3.83. The number of benzene rings is 2. The Hall–Kier alpha value is -3.08. The zero-order valence-electron chi connectivity index (χ0n) is 16.7. The first-order valence-electron chi connectivity index (χ1n) is 9.74. The number of amides is 1. The number of carbonyl (C=O) groups is 1. The Bertz CT molecular complexity index is 962. The van der Waals surface area contributed by atoms with Crippen LogP contribution in [0.2, 0.25) is 0 Å². The van der Waals surface area contributed by atoms with E-state index in [1.165, 1.54) is 5.56 Å². The molecule has 2 heterocycles. The maximum Gasteiger partial charge on any atom is 0.253 e. The molecule has 0 bridgehead atoms. The number of hydrogen-bond acceptors (Lipinski definition) is 3. The van der Waals surface area contributed by atoms with E-state index in [2.05, 4.69) is 51.7 Å². The molecule has 3 aromatic rings. The molecular formula is C23H26N4O. The van der Waals surface area contributed by atoms with Gasteiger partial charge in [-0.1, -0.05) is 34.9 Å². The van der Waals surface area contributed by atoms with Gasteiger partial charge in [-0.05, 0) is 45.0 Å². The number of rotatable bonds is 3. The van der Waals surface area contributed by atoms with Crippen molar-refractivity contribution in [1.29, 1.82) is 0 Å². The number of carbonyl (C=O) groups excluding carboxylic acids is 1. The van der Waals surface area contributed by atoms with E-state index in [0.717, 1.165) is 41.4 Å². The predicted octanol–water partition coefficient (Wildman–Crippen LogP) is 3.76. The van der Waals surface area contributed by atoms with Crippen LogP contribution in [0.15, 0.2) is 54.9 Å². The second-order valence-corrected chi connectivity index (χ2v) is 7.59. The van der Waals surface area contributed by atoms with Gasteiger partial charge in [0.1, 0.15) is 0 Å². The molecule has 0 spiro atoms. The largest absolute Gasteiger partial charge is 0.338 e. The molecule has 0 N–H and O–H groups in total. The molecule has 0 radical (unpaired) electrons.